The third kappa shape index (κ3) is 2.38. The Bertz CT molecular complexity index is 170. The normalized spacial score (nSPS) is 16.8. The number of aliphatic hydroxyl groups is 1. The van der Waals surface area contributed by atoms with Crippen LogP contribution in [0.2, 0.25) is 0 Å². The topological polar surface area (TPSA) is 53.2 Å². The molecule has 9 heavy (non-hydrogen) atoms. The van der Waals surface area contributed by atoms with Gasteiger partial charge >= 0.3 is 51.4 Å². The van der Waals surface area contributed by atoms with E-state index in [1.165, 1.54) is 0 Å². The van der Waals surface area contributed by atoms with Gasteiger partial charge in [0, 0.05) is 0 Å². The minimum absolute atomic E-state index is 0. The molecule has 1 N–H and O–H groups in total. The van der Waals surface area contributed by atoms with Gasteiger partial charge in [0.1, 0.15) is 18.4 Å². The van der Waals surface area contributed by atoms with Gasteiger partial charge in [-0.2, -0.15) is 5.26 Å². The van der Waals surface area contributed by atoms with Crippen molar-refractivity contribution >= 4 is 51.4 Å². The molecule has 44 valence electrons. The number of aliphatic hydroxyl groups excluding tert-OH is 1. The van der Waals surface area contributed by atoms with Crippen molar-refractivity contribution in [2.75, 3.05) is 13.2 Å². The Morgan fingerprint density at radius 2 is 2.22 bits per heavy atom. The molecule has 1 aliphatic rings. The van der Waals surface area contributed by atoms with E-state index in [0.717, 1.165) is 0 Å². The molecule has 3 nitrogen and oxygen atoms in total. The van der Waals surface area contributed by atoms with Crippen molar-refractivity contribution in [2.24, 2.45) is 0 Å². The number of ether oxygens (including phenoxy) is 1. The second kappa shape index (κ2) is 4.44. The van der Waals surface area contributed by atoms with Crippen molar-refractivity contribution in [3.8, 4) is 6.07 Å². The first-order valence-corrected chi connectivity index (χ1v) is 2.23. The van der Waals surface area contributed by atoms with Gasteiger partial charge in [-0.25, -0.2) is 0 Å². The summed E-state index contributed by atoms with van der Waals surface area (Å²) in [5, 5.41) is 16.9. The Labute approximate surface area is 95.7 Å². The average Bonchev–Trinajstić information content (AvgIpc) is 2.14. The van der Waals surface area contributed by atoms with E-state index in [1.54, 1.807) is 0 Å². The summed E-state index contributed by atoms with van der Waals surface area (Å²) in [5.41, 5.74) is 0.352. The van der Waals surface area contributed by atoms with Gasteiger partial charge in [-0.1, -0.05) is 0 Å². The Balaban J connectivity index is 0.000000640. The van der Waals surface area contributed by atoms with Crippen molar-refractivity contribution < 1.29 is 9.84 Å². The SMILES string of the molecule is N#CC1=C(O)COC1.[KH]. The van der Waals surface area contributed by atoms with Crippen LogP contribution in [0.5, 0.6) is 0 Å². The van der Waals surface area contributed by atoms with Crippen molar-refractivity contribution in [3.63, 3.8) is 0 Å². The zero-order chi connectivity index (χ0) is 5.98. The van der Waals surface area contributed by atoms with Gasteiger partial charge in [0.2, 0.25) is 0 Å². The standard InChI is InChI=1S/C5H5NO2.K.H/c6-1-4-2-8-3-5(4)7;;/h7H,2-3H2;;. The molecule has 0 aromatic carbocycles. The molecule has 1 aliphatic heterocycles. The Hall–Kier alpha value is 0.626. The molecule has 0 saturated heterocycles. The summed E-state index contributed by atoms with van der Waals surface area (Å²) >= 11 is 0. The van der Waals surface area contributed by atoms with Crippen LogP contribution in [0.1, 0.15) is 0 Å². The first-order valence-electron chi connectivity index (χ1n) is 2.23. The number of hydrogen-bond acceptors (Lipinski definition) is 3. The van der Waals surface area contributed by atoms with Gasteiger partial charge in [0.05, 0.1) is 12.2 Å². The fraction of sp³-hybridized carbons (Fsp3) is 0.400. The number of hydrogen-bond donors (Lipinski definition) is 1. The predicted molar refractivity (Wildman–Crippen MR) is 33.2 cm³/mol. The Kier molecular flexibility index (Phi) is 4.75. The maximum atomic E-state index is 8.72. The molecule has 1 rings (SSSR count). The maximum absolute atomic E-state index is 8.72. The molecule has 0 spiro atoms. The zero-order valence-corrected chi connectivity index (χ0v) is 4.22. The van der Waals surface area contributed by atoms with Gasteiger partial charge in [-0.3, -0.25) is 0 Å². The molecule has 1 heterocycles. The molecule has 0 bridgehead atoms. The van der Waals surface area contributed by atoms with E-state index < -0.39 is 0 Å². The third-order valence-electron chi connectivity index (χ3n) is 0.968. The van der Waals surface area contributed by atoms with E-state index in [4.69, 9.17) is 15.1 Å². The quantitative estimate of drug-likeness (QED) is 0.484. The zero-order valence-electron chi connectivity index (χ0n) is 4.22. The second-order valence-electron chi connectivity index (χ2n) is 1.53. The number of rotatable bonds is 0. The van der Waals surface area contributed by atoms with Crippen LogP contribution in [-0.2, 0) is 4.74 Å². The van der Waals surface area contributed by atoms with Crippen molar-refractivity contribution in [1.29, 1.82) is 5.26 Å². The van der Waals surface area contributed by atoms with Crippen LogP contribution in [0.3, 0.4) is 0 Å². The van der Waals surface area contributed by atoms with Crippen molar-refractivity contribution in [2.45, 2.75) is 0 Å². The summed E-state index contributed by atoms with van der Waals surface area (Å²) in [4.78, 5) is 0. The fourth-order valence-electron chi connectivity index (χ4n) is 0.517. The minimum atomic E-state index is 0. The number of nitriles is 1. The molecule has 0 saturated carbocycles. The molecule has 0 amide bonds. The monoisotopic (exact) mass is 151 g/mol. The van der Waals surface area contributed by atoms with Crippen LogP contribution in [-0.4, -0.2) is 69.7 Å². The van der Waals surface area contributed by atoms with Crippen LogP contribution in [0.4, 0.5) is 0 Å². The van der Waals surface area contributed by atoms with Crippen LogP contribution < -0.4 is 0 Å². The first kappa shape index (κ1) is 9.63. The van der Waals surface area contributed by atoms with Gasteiger partial charge in [-0.15, -0.1) is 0 Å². The van der Waals surface area contributed by atoms with Gasteiger partial charge < -0.3 is 9.84 Å². The molecular formula is C5H6KNO2. The fourth-order valence-corrected chi connectivity index (χ4v) is 0.517. The van der Waals surface area contributed by atoms with E-state index in [1.807, 2.05) is 6.07 Å². The van der Waals surface area contributed by atoms with E-state index >= 15 is 0 Å². The van der Waals surface area contributed by atoms with E-state index in [0.29, 0.717) is 5.57 Å². The van der Waals surface area contributed by atoms with Gasteiger partial charge in [-0.05, 0) is 0 Å². The van der Waals surface area contributed by atoms with Gasteiger partial charge in [0.25, 0.3) is 0 Å². The summed E-state index contributed by atoms with van der Waals surface area (Å²) in [6.07, 6.45) is 0. The first-order chi connectivity index (χ1) is 3.84. The van der Waals surface area contributed by atoms with E-state index in [-0.39, 0.29) is 70.4 Å². The van der Waals surface area contributed by atoms with Crippen molar-refractivity contribution in [3.05, 3.63) is 11.3 Å². The molecular weight excluding hydrogens is 145 g/mol. The summed E-state index contributed by atoms with van der Waals surface area (Å²) in [6.45, 7) is 0.464. The molecule has 0 aromatic rings. The van der Waals surface area contributed by atoms with Crippen LogP contribution in [0.15, 0.2) is 11.3 Å². The molecule has 4 heteroatoms. The van der Waals surface area contributed by atoms with Crippen LogP contribution in [0, 0.1) is 11.3 Å². The average molecular weight is 151 g/mol. The Morgan fingerprint density at radius 1 is 1.56 bits per heavy atom. The molecule has 0 fully saturated rings. The molecule has 0 aliphatic carbocycles. The van der Waals surface area contributed by atoms with Crippen LogP contribution >= 0.6 is 0 Å². The van der Waals surface area contributed by atoms with Crippen LogP contribution in [0.25, 0.3) is 0 Å². The summed E-state index contributed by atoms with van der Waals surface area (Å²) in [5.74, 6) is 0.0764. The molecule has 0 radical (unpaired) electrons. The summed E-state index contributed by atoms with van der Waals surface area (Å²) in [6, 6.07) is 1.82. The second-order valence-corrected chi connectivity index (χ2v) is 1.53. The summed E-state index contributed by atoms with van der Waals surface area (Å²) in [7, 11) is 0. The Morgan fingerprint density at radius 3 is 2.44 bits per heavy atom. The summed E-state index contributed by atoms with van der Waals surface area (Å²) < 4.78 is 4.71. The predicted octanol–water partition coefficient (Wildman–Crippen LogP) is -0.296. The molecule has 0 aromatic heterocycles. The van der Waals surface area contributed by atoms with Crippen molar-refractivity contribution in [1.82, 2.24) is 0 Å². The van der Waals surface area contributed by atoms with E-state index in [2.05, 4.69) is 0 Å². The van der Waals surface area contributed by atoms with E-state index in [9.17, 15) is 0 Å². The molecule has 0 unspecified atom stereocenters. The third-order valence-corrected chi connectivity index (χ3v) is 0.968. The number of nitrogens with zero attached hydrogens (tertiary/aromatic N) is 1. The van der Waals surface area contributed by atoms with Gasteiger partial charge in [0.15, 0.2) is 0 Å². The molecule has 0 atom stereocenters.